The SMILES string of the molecule is Cc1cc(CNc2ccc(Cl)cc2C)c2ccccc2n1. The molecule has 0 atom stereocenters. The Balaban J connectivity index is 1.91. The average Bonchev–Trinajstić information content (AvgIpc) is 2.46. The minimum atomic E-state index is 0.767. The van der Waals surface area contributed by atoms with Crippen molar-refractivity contribution in [2.24, 2.45) is 0 Å². The van der Waals surface area contributed by atoms with Crippen LogP contribution in [0.4, 0.5) is 5.69 Å². The van der Waals surface area contributed by atoms with Gasteiger partial charge in [-0.3, -0.25) is 4.98 Å². The maximum Gasteiger partial charge on any atom is 0.0708 e. The molecule has 0 fully saturated rings. The maximum absolute atomic E-state index is 6.00. The van der Waals surface area contributed by atoms with Crippen LogP contribution in [-0.4, -0.2) is 4.98 Å². The molecule has 21 heavy (non-hydrogen) atoms. The van der Waals surface area contributed by atoms with E-state index in [-0.39, 0.29) is 0 Å². The highest BCUT2D eigenvalue weighted by molar-refractivity contribution is 6.30. The first-order valence-electron chi connectivity index (χ1n) is 6.99. The Hall–Kier alpha value is -2.06. The molecular formula is C18H17ClN2. The molecule has 0 aliphatic heterocycles. The lowest BCUT2D eigenvalue weighted by atomic mass is 10.1. The minimum Gasteiger partial charge on any atom is -0.381 e. The topological polar surface area (TPSA) is 24.9 Å². The van der Waals surface area contributed by atoms with Gasteiger partial charge in [-0.2, -0.15) is 0 Å². The van der Waals surface area contributed by atoms with E-state index in [0.29, 0.717) is 0 Å². The number of rotatable bonds is 3. The van der Waals surface area contributed by atoms with Crippen LogP contribution >= 0.6 is 11.6 Å². The van der Waals surface area contributed by atoms with Crippen molar-refractivity contribution in [1.82, 2.24) is 4.98 Å². The van der Waals surface area contributed by atoms with Gasteiger partial charge in [-0.25, -0.2) is 0 Å². The molecule has 2 nitrogen and oxygen atoms in total. The minimum absolute atomic E-state index is 0.767. The monoisotopic (exact) mass is 296 g/mol. The molecule has 3 rings (SSSR count). The van der Waals surface area contributed by atoms with Crippen molar-refractivity contribution in [3.63, 3.8) is 0 Å². The third kappa shape index (κ3) is 3.01. The molecule has 2 aromatic carbocycles. The van der Waals surface area contributed by atoms with Crippen molar-refractivity contribution in [3.05, 3.63) is 70.4 Å². The van der Waals surface area contributed by atoms with E-state index < -0.39 is 0 Å². The number of nitrogens with zero attached hydrogens (tertiary/aromatic N) is 1. The zero-order valence-corrected chi connectivity index (χ0v) is 12.9. The first-order valence-corrected chi connectivity index (χ1v) is 7.36. The number of anilines is 1. The molecular weight excluding hydrogens is 280 g/mol. The van der Waals surface area contributed by atoms with Gasteiger partial charge in [0.25, 0.3) is 0 Å². The summed E-state index contributed by atoms with van der Waals surface area (Å²) >= 11 is 6.00. The lowest BCUT2D eigenvalue weighted by Crippen LogP contribution is -2.03. The van der Waals surface area contributed by atoms with Crippen LogP contribution in [-0.2, 0) is 6.54 Å². The number of benzene rings is 2. The maximum atomic E-state index is 6.00. The Morgan fingerprint density at radius 3 is 2.67 bits per heavy atom. The number of aromatic nitrogens is 1. The Labute approximate surface area is 129 Å². The molecule has 0 saturated carbocycles. The second-order valence-corrected chi connectivity index (χ2v) is 5.69. The van der Waals surface area contributed by atoms with Gasteiger partial charge in [-0.1, -0.05) is 29.8 Å². The van der Waals surface area contributed by atoms with Gasteiger partial charge >= 0.3 is 0 Å². The molecule has 1 N–H and O–H groups in total. The number of para-hydroxylation sites is 1. The van der Waals surface area contributed by atoms with Crippen LogP contribution in [0.3, 0.4) is 0 Å². The van der Waals surface area contributed by atoms with E-state index in [4.69, 9.17) is 11.6 Å². The molecule has 3 aromatic rings. The second-order valence-electron chi connectivity index (χ2n) is 5.25. The van der Waals surface area contributed by atoms with E-state index in [0.717, 1.165) is 34.0 Å². The van der Waals surface area contributed by atoms with Gasteiger partial charge < -0.3 is 5.32 Å². The zero-order chi connectivity index (χ0) is 14.8. The smallest absolute Gasteiger partial charge is 0.0708 e. The van der Waals surface area contributed by atoms with Crippen LogP contribution in [0.5, 0.6) is 0 Å². The van der Waals surface area contributed by atoms with Crippen molar-refractivity contribution in [3.8, 4) is 0 Å². The summed E-state index contributed by atoms with van der Waals surface area (Å²) < 4.78 is 0. The van der Waals surface area contributed by atoms with Gasteiger partial charge in [0.1, 0.15) is 0 Å². The Kier molecular flexibility index (Phi) is 3.80. The van der Waals surface area contributed by atoms with Crippen LogP contribution in [0.15, 0.2) is 48.5 Å². The summed E-state index contributed by atoms with van der Waals surface area (Å²) in [6.07, 6.45) is 0. The fourth-order valence-corrected chi connectivity index (χ4v) is 2.78. The van der Waals surface area contributed by atoms with E-state index in [9.17, 15) is 0 Å². The summed E-state index contributed by atoms with van der Waals surface area (Å²) in [5.41, 5.74) is 5.60. The molecule has 0 saturated heterocycles. The summed E-state index contributed by atoms with van der Waals surface area (Å²) in [7, 11) is 0. The molecule has 0 radical (unpaired) electrons. The summed E-state index contributed by atoms with van der Waals surface area (Å²) in [5.74, 6) is 0. The predicted molar refractivity (Wildman–Crippen MR) is 90.0 cm³/mol. The van der Waals surface area contributed by atoms with Crippen LogP contribution in [0, 0.1) is 13.8 Å². The number of aryl methyl sites for hydroxylation is 2. The van der Waals surface area contributed by atoms with E-state index in [1.165, 1.54) is 10.9 Å². The molecule has 3 heteroatoms. The number of hydrogen-bond donors (Lipinski definition) is 1. The van der Waals surface area contributed by atoms with E-state index in [1.54, 1.807) is 0 Å². The van der Waals surface area contributed by atoms with Gasteiger partial charge in [0.2, 0.25) is 0 Å². The molecule has 0 aliphatic carbocycles. The molecule has 0 bridgehead atoms. The van der Waals surface area contributed by atoms with E-state index in [1.807, 2.05) is 31.2 Å². The fourth-order valence-electron chi connectivity index (χ4n) is 2.56. The van der Waals surface area contributed by atoms with Crippen molar-refractivity contribution in [2.75, 3.05) is 5.32 Å². The number of hydrogen-bond acceptors (Lipinski definition) is 2. The molecule has 1 aromatic heterocycles. The Bertz CT molecular complexity index is 796. The van der Waals surface area contributed by atoms with Gasteiger partial charge in [0.05, 0.1) is 5.52 Å². The number of nitrogens with one attached hydrogen (secondary N) is 1. The Morgan fingerprint density at radius 1 is 1.05 bits per heavy atom. The molecule has 0 unspecified atom stereocenters. The highest BCUT2D eigenvalue weighted by Gasteiger charge is 2.05. The molecule has 106 valence electrons. The van der Waals surface area contributed by atoms with E-state index >= 15 is 0 Å². The number of pyridine rings is 1. The first-order chi connectivity index (χ1) is 10.1. The summed E-state index contributed by atoms with van der Waals surface area (Å²) in [5, 5.41) is 5.45. The van der Waals surface area contributed by atoms with Gasteiger partial charge in [-0.15, -0.1) is 0 Å². The van der Waals surface area contributed by atoms with Gasteiger partial charge in [0, 0.05) is 28.3 Å². The number of halogens is 1. The number of fused-ring (bicyclic) bond motifs is 1. The van der Waals surface area contributed by atoms with Crippen LogP contribution in [0.2, 0.25) is 5.02 Å². The highest BCUT2D eigenvalue weighted by atomic mass is 35.5. The lowest BCUT2D eigenvalue weighted by molar-refractivity contribution is 1.13. The largest absolute Gasteiger partial charge is 0.381 e. The van der Waals surface area contributed by atoms with Crippen molar-refractivity contribution < 1.29 is 0 Å². The molecule has 0 spiro atoms. The Morgan fingerprint density at radius 2 is 1.86 bits per heavy atom. The third-order valence-corrected chi connectivity index (χ3v) is 3.82. The summed E-state index contributed by atoms with van der Waals surface area (Å²) in [6, 6.07) is 16.3. The molecule has 0 amide bonds. The van der Waals surface area contributed by atoms with Crippen molar-refractivity contribution in [2.45, 2.75) is 20.4 Å². The molecule has 0 aliphatic rings. The standard InChI is InChI=1S/C18H17ClN2/c1-12-9-15(19)7-8-17(12)20-11-14-10-13(2)21-18-6-4-3-5-16(14)18/h3-10,20H,11H2,1-2H3. The third-order valence-electron chi connectivity index (χ3n) is 3.59. The van der Waals surface area contributed by atoms with Gasteiger partial charge in [0.15, 0.2) is 0 Å². The van der Waals surface area contributed by atoms with Crippen LogP contribution in [0.1, 0.15) is 16.8 Å². The van der Waals surface area contributed by atoms with Gasteiger partial charge in [-0.05, 0) is 55.3 Å². The van der Waals surface area contributed by atoms with Crippen molar-refractivity contribution in [1.29, 1.82) is 0 Å². The fraction of sp³-hybridized carbons (Fsp3) is 0.167. The average molecular weight is 297 g/mol. The quantitative estimate of drug-likeness (QED) is 0.726. The normalized spacial score (nSPS) is 10.8. The van der Waals surface area contributed by atoms with E-state index in [2.05, 4.69) is 41.5 Å². The molecule has 1 heterocycles. The predicted octanol–water partition coefficient (Wildman–Crippen LogP) is 5.12. The summed E-state index contributed by atoms with van der Waals surface area (Å²) in [6.45, 7) is 4.86. The first kappa shape index (κ1) is 13.9. The lowest BCUT2D eigenvalue weighted by Gasteiger charge is -2.12. The zero-order valence-electron chi connectivity index (χ0n) is 12.2. The van der Waals surface area contributed by atoms with Crippen LogP contribution in [0.25, 0.3) is 10.9 Å². The van der Waals surface area contributed by atoms with Crippen molar-refractivity contribution >= 4 is 28.2 Å². The second kappa shape index (κ2) is 5.74. The summed E-state index contributed by atoms with van der Waals surface area (Å²) in [4.78, 5) is 4.58. The van der Waals surface area contributed by atoms with Crippen LogP contribution < -0.4 is 5.32 Å². The highest BCUT2D eigenvalue weighted by Crippen LogP contribution is 2.23.